The highest BCUT2D eigenvalue weighted by Crippen LogP contribution is 2.37. The highest BCUT2D eigenvalue weighted by atomic mass is 16.7. The molecule has 0 aliphatic carbocycles. The summed E-state index contributed by atoms with van der Waals surface area (Å²) in [5.41, 5.74) is -2.39. The Morgan fingerprint density at radius 2 is 1.94 bits per heavy atom. The minimum atomic E-state index is -2.90. The fourth-order valence-electron chi connectivity index (χ4n) is 1.59. The zero-order chi connectivity index (χ0) is 19.4. The van der Waals surface area contributed by atoms with Crippen LogP contribution in [0.4, 0.5) is 0 Å². The van der Waals surface area contributed by atoms with Crippen LogP contribution in [-0.4, -0.2) is 35.3 Å². The van der Waals surface area contributed by atoms with Crippen molar-refractivity contribution in [2.75, 3.05) is 7.04 Å². The van der Waals surface area contributed by atoms with Crippen molar-refractivity contribution < 1.29 is 23.6 Å². The molecule has 0 saturated carbocycles. The Hall–Kier alpha value is -1.14. The van der Waals surface area contributed by atoms with Gasteiger partial charge in [-0.05, 0) is 34.5 Å². The molecule has 0 spiro atoms. The number of rotatable bonds is 2. The second-order valence-corrected chi connectivity index (χ2v) is 5.08. The summed E-state index contributed by atoms with van der Waals surface area (Å²) in [6.45, 7) is 4.28. The number of aromatic nitrogens is 2. The van der Waals surface area contributed by atoms with E-state index < -0.39 is 50.1 Å². The van der Waals surface area contributed by atoms with Crippen molar-refractivity contribution in [3.8, 4) is 5.88 Å². The second-order valence-electron chi connectivity index (χ2n) is 5.08. The van der Waals surface area contributed by atoms with Gasteiger partial charge in [0.05, 0.1) is 27.8 Å². The van der Waals surface area contributed by atoms with E-state index in [9.17, 15) is 0 Å². The first-order chi connectivity index (χ1) is 11.0. The summed E-state index contributed by atoms with van der Waals surface area (Å²) in [5, 5.41) is 0. The standard InChI is InChI=1S/C12H19BN2O3/c1-8-9(10(16-6)15-7-14-8)13-17-11(2,3)12(4,5)18-13/h7H,1-6H3/i1D3,6D3,7D. The smallest absolute Gasteiger partial charge is 0.481 e. The fraction of sp³-hybridized carbons (Fsp3) is 0.667. The predicted octanol–water partition coefficient (Wildman–Crippen LogP) is 1.09. The number of ether oxygens (including phenoxy) is 1. The van der Waals surface area contributed by atoms with Gasteiger partial charge >= 0.3 is 7.12 Å². The maximum Gasteiger partial charge on any atom is 0.502 e. The van der Waals surface area contributed by atoms with E-state index in [1.165, 1.54) is 0 Å². The van der Waals surface area contributed by atoms with E-state index in [-0.39, 0.29) is 5.46 Å². The molecule has 98 valence electrons. The Morgan fingerprint density at radius 1 is 1.28 bits per heavy atom. The molecule has 1 saturated heterocycles. The third-order valence-corrected chi connectivity index (χ3v) is 3.38. The van der Waals surface area contributed by atoms with Crippen molar-refractivity contribution in [3.63, 3.8) is 0 Å². The van der Waals surface area contributed by atoms with Gasteiger partial charge in [-0.3, -0.25) is 0 Å². The van der Waals surface area contributed by atoms with Gasteiger partial charge in [0.15, 0.2) is 0 Å². The largest absolute Gasteiger partial charge is 0.502 e. The average molecular weight is 257 g/mol. The maximum absolute atomic E-state index is 7.65. The van der Waals surface area contributed by atoms with E-state index in [4.69, 9.17) is 23.6 Å². The topological polar surface area (TPSA) is 53.5 Å². The molecule has 1 aromatic heterocycles. The molecule has 1 aromatic rings. The van der Waals surface area contributed by atoms with Crippen molar-refractivity contribution in [2.45, 2.75) is 45.7 Å². The third-order valence-electron chi connectivity index (χ3n) is 3.38. The minimum Gasteiger partial charge on any atom is -0.481 e. The number of methoxy groups -OCH3 is 1. The molecule has 1 fully saturated rings. The van der Waals surface area contributed by atoms with Gasteiger partial charge in [0.1, 0.15) is 7.67 Å². The molecule has 0 unspecified atom stereocenters. The molecule has 5 nitrogen and oxygen atoms in total. The molecule has 0 bridgehead atoms. The minimum absolute atomic E-state index is 0.245. The zero-order valence-corrected chi connectivity index (χ0v) is 10.7. The Labute approximate surface area is 118 Å². The highest BCUT2D eigenvalue weighted by molar-refractivity contribution is 6.63. The van der Waals surface area contributed by atoms with E-state index in [0.717, 1.165) is 0 Å². The molecule has 18 heavy (non-hydrogen) atoms. The van der Waals surface area contributed by atoms with Crippen LogP contribution in [0.5, 0.6) is 5.88 Å². The number of hydrogen-bond acceptors (Lipinski definition) is 5. The van der Waals surface area contributed by atoms with Crippen LogP contribution in [0.1, 0.15) is 43.0 Å². The lowest BCUT2D eigenvalue weighted by Gasteiger charge is -2.32. The third kappa shape index (κ3) is 1.99. The molecule has 6 heteroatoms. The van der Waals surface area contributed by atoms with Gasteiger partial charge in [0.25, 0.3) is 0 Å². The van der Waals surface area contributed by atoms with Crippen LogP contribution in [-0.2, 0) is 9.31 Å². The van der Waals surface area contributed by atoms with Gasteiger partial charge in [0.2, 0.25) is 5.88 Å². The molecule has 1 aliphatic rings. The molecule has 2 rings (SSSR count). The summed E-state index contributed by atoms with van der Waals surface area (Å²) < 4.78 is 68.7. The molecule has 0 radical (unpaired) electrons. The van der Waals surface area contributed by atoms with Crippen molar-refractivity contribution in [2.24, 2.45) is 0 Å². The lowest BCUT2D eigenvalue weighted by atomic mass is 9.78. The maximum atomic E-state index is 7.65. The van der Waals surface area contributed by atoms with Gasteiger partial charge in [-0.25, -0.2) is 9.97 Å². The number of aryl methyl sites for hydroxylation is 1. The van der Waals surface area contributed by atoms with Crippen molar-refractivity contribution in [1.29, 1.82) is 0 Å². The first kappa shape index (κ1) is 6.87. The second kappa shape index (κ2) is 4.21. The summed E-state index contributed by atoms with van der Waals surface area (Å²) >= 11 is 0. The average Bonchev–Trinajstić information content (AvgIpc) is 2.53. The lowest BCUT2D eigenvalue weighted by Crippen LogP contribution is -2.41. The molecular formula is C12H19BN2O3. The molecule has 0 aromatic carbocycles. The van der Waals surface area contributed by atoms with Gasteiger partial charge < -0.3 is 14.0 Å². The molecule has 0 N–H and O–H groups in total. The van der Waals surface area contributed by atoms with Crippen LogP contribution >= 0.6 is 0 Å². The summed E-state index contributed by atoms with van der Waals surface area (Å²) in [7, 11) is -4.15. The van der Waals surface area contributed by atoms with E-state index in [1.807, 2.05) is 0 Å². The van der Waals surface area contributed by atoms with E-state index >= 15 is 0 Å². The quantitative estimate of drug-likeness (QED) is 0.742. The van der Waals surface area contributed by atoms with Gasteiger partial charge in [0, 0.05) is 9.81 Å². The van der Waals surface area contributed by atoms with Crippen LogP contribution in [0.15, 0.2) is 6.30 Å². The van der Waals surface area contributed by atoms with E-state index in [0.29, 0.717) is 0 Å². The van der Waals surface area contributed by atoms with Crippen molar-refractivity contribution in [3.05, 3.63) is 12.0 Å². The van der Waals surface area contributed by atoms with Crippen LogP contribution in [0.2, 0.25) is 0 Å². The molecule has 2 heterocycles. The SMILES string of the molecule is [2H]c1nc(OC([2H])([2H])[2H])c(B2OC(C)(C)C(C)(C)O2)c(C([2H])([2H])[2H])n1. The Bertz CT molecular complexity index is 660. The normalized spacial score (nSPS) is 28.2. The Kier molecular flexibility index (Phi) is 1.60. The summed E-state index contributed by atoms with van der Waals surface area (Å²) in [5.74, 6) is -0.565. The van der Waals surface area contributed by atoms with Crippen molar-refractivity contribution in [1.82, 2.24) is 9.97 Å². The monoisotopic (exact) mass is 257 g/mol. The Morgan fingerprint density at radius 3 is 2.50 bits per heavy atom. The summed E-state index contributed by atoms with van der Waals surface area (Å²) in [6, 6.07) is 0. The molecule has 1 aliphatic heterocycles. The van der Waals surface area contributed by atoms with Gasteiger partial charge in [-0.15, -0.1) is 0 Å². The molecular weight excluding hydrogens is 231 g/mol. The highest BCUT2D eigenvalue weighted by Gasteiger charge is 2.53. The molecule has 0 amide bonds. The number of nitrogens with zero attached hydrogens (tertiary/aromatic N) is 2. The van der Waals surface area contributed by atoms with Crippen LogP contribution in [0.3, 0.4) is 0 Å². The summed E-state index contributed by atoms with van der Waals surface area (Å²) in [4.78, 5) is 7.28. The van der Waals surface area contributed by atoms with E-state index in [1.54, 1.807) is 27.7 Å². The lowest BCUT2D eigenvalue weighted by molar-refractivity contribution is 0.00578. The Balaban J connectivity index is 2.66. The van der Waals surface area contributed by atoms with Crippen LogP contribution in [0.25, 0.3) is 0 Å². The first-order valence-electron chi connectivity index (χ1n) is 8.97. The summed E-state index contributed by atoms with van der Waals surface area (Å²) in [6.07, 6.45) is -0.675. The van der Waals surface area contributed by atoms with E-state index in [2.05, 4.69) is 9.97 Å². The predicted molar refractivity (Wildman–Crippen MR) is 69.0 cm³/mol. The zero-order valence-electron chi connectivity index (χ0n) is 17.7. The van der Waals surface area contributed by atoms with Crippen molar-refractivity contribution >= 4 is 12.6 Å². The van der Waals surface area contributed by atoms with Crippen LogP contribution in [0, 0.1) is 6.85 Å². The van der Waals surface area contributed by atoms with Gasteiger partial charge in [-0.2, -0.15) is 0 Å². The first-order valence-corrected chi connectivity index (χ1v) is 5.47. The number of hydrogen-bond donors (Lipinski definition) is 0. The van der Waals surface area contributed by atoms with Crippen LogP contribution < -0.4 is 10.2 Å². The van der Waals surface area contributed by atoms with Gasteiger partial charge in [-0.1, -0.05) is 0 Å². The molecule has 0 atom stereocenters. The fourth-order valence-corrected chi connectivity index (χ4v) is 1.59.